The van der Waals surface area contributed by atoms with E-state index in [9.17, 15) is 22.8 Å². The molecule has 3 rings (SSSR count). The molecule has 31 heavy (non-hydrogen) atoms. The van der Waals surface area contributed by atoms with Crippen LogP contribution in [0.5, 0.6) is 0 Å². The van der Waals surface area contributed by atoms with Gasteiger partial charge in [-0.1, -0.05) is 36.4 Å². The zero-order chi connectivity index (χ0) is 22.4. The van der Waals surface area contributed by atoms with Gasteiger partial charge in [-0.15, -0.1) is 11.3 Å². The number of halogens is 3. The van der Waals surface area contributed by atoms with Crippen LogP contribution in [0, 0.1) is 6.92 Å². The lowest BCUT2D eigenvalue weighted by Crippen LogP contribution is -2.30. The van der Waals surface area contributed by atoms with Gasteiger partial charge in [0.05, 0.1) is 17.5 Å². The minimum Gasteiger partial charge on any atom is -0.451 e. The predicted octanol–water partition coefficient (Wildman–Crippen LogP) is 5.30. The van der Waals surface area contributed by atoms with Crippen LogP contribution in [0.2, 0.25) is 0 Å². The number of aryl methyl sites for hydroxylation is 1. The Bertz CT molecular complexity index is 1090. The molecule has 160 valence electrons. The Kier molecular flexibility index (Phi) is 6.86. The fourth-order valence-electron chi connectivity index (χ4n) is 2.56. The number of thiophene rings is 1. The molecule has 9 heteroatoms. The Morgan fingerprint density at radius 2 is 1.81 bits per heavy atom. The predicted molar refractivity (Wildman–Crippen MR) is 112 cm³/mol. The lowest BCUT2D eigenvalue weighted by molar-refractivity contribution is -0.137. The van der Waals surface area contributed by atoms with Gasteiger partial charge in [0, 0.05) is 4.88 Å². The third-order valence-electron chi connectivity index (χ3n) is 4.04. The van der Waals surface area contributed by atoms with Gasteiger partial charge < -0.3 is 4.74 Å². The van der Waals surface area contributed by atoms with Crippen molar-refractivity contribution in [2.24, 2.45) is 5.10 Å². The molecule has 0 saturated heterocycles. The smallest absolute Gasteiger partial charge is 0.416 e. The maximum atomic E-state index is 13.1. The molecule has 0 atom stereocenters. The number of esters is 1. The Hall–Kier alpha value is -3.46. The number of amides is 1. The van der Waals surface area contributed by atoms with Crippen LogP contribution >= 0.6 is 11.3 Å². The number of alkyl halides is 3. The summed E-state index contributed by atoms with van der Waals surface area (Å²) in [4.78, 5) is 26.1. The van der Waals surface area contributed by atoms with E-state index in [0.717, 1.165) is 22.0 Å². The fraction of sp³-hybridized carbons (Fsp3) is 0.136. The number of rotatable bonds is 6. The van der Waals surface area contributed by atoms with E-state index in [-0.39, 0.29) is 5.69 Å². The summed E-state index contributed by atoms with van der Waals surface area (Å²) in [6.07, 6.45) is -3.25. The molecule has 3 aromatic rings. The van der Waals surface area contributed by atoms with E-state index >= 15 is 0 Å². The number of benzene rings is 2. The van der Waals surface area contributed by atoms with Gasteiger partial charge in [0.2, 0.25) is 0 Å². The Morgan fingerprint density at radius 1 is 1.06 bits per heavy atom. The largest absolute Gasteiger partial charge is 0.451 e. The Balaban J connectivity index is 1.84. The molecule has 0 aliphatic rings. The summed E-state index contributed by atoms with van der Waals surface area (Å²) >= 11 is 1.21. The number of nitrogens with zero attached hydrogens (tertiary/aromatic N) is 2. The minimum absolute atomic E-state index is 0.102. The number of carbonyl (C=O) groups excluding carboxylic acids is 2. The Morgan fingerprint density at radius 3 is 2.45 bits per heavy atom. The monoisotopic (exact) mass is 446 g/mol. The lowest BCUT2D eigenvalue weighted by Gasteiger charge is -2.18. The van der Waals surface area contributed by atoms with E-state index in [1.165, 1.54) is 29.7 Å². The number of hydrogen-bond donors (Lipinski definition) is 0. The molecule has 0 unspecified atom stereocenters. The van der Waals surface area contributed by atoms with Crippen LogP contribution in [0.4, 0.5) is 18.9 Å². The number of anilines is 1. The van der Waals surface area contributed by atoms with Crippen molar-refractivity contribution in [1.82, 2.24) is 0 Å². The van der Waals surface area contributed by atoms with Crippen molar-refractivity contribution < 1.29 is 27.5 Å². The first kappa shape index (κ1) is 22.2. The molecule has 5 nitrogen and oxygen atoms in total. The van der Waals surface area contributed by atoms with Crippen LogP contribution in [0.1, 0.15) is 25.7 Å². The highest BCUT2D eigenvalue weighted by Crippen LogP contribution is 2.31. The highest BCUT2D eigenvalue weighted by molar-refractivity contribution is 7.13. The SMILES string of the molecule is Cc1ccc(C(=O)OCC(=O)N(/N=C/c2ccccc2)c2cccc(C(F)(F)F)c2)s1. The third kappa shape index (κ3) is 6.02. The summed E-state index contributed by atoms with van der Waals surface area (Å²) in [5.41, 5.74) is -0.392. The first-order valence-corrected chi connectivity index (χ1v) is 9.88. The van der Waals surface area contributed by atoms with Gasteiger partial charge in [-0.05, 0) is 42.8 Å². The molecule has 0 aliphatic carbocycles. The van der Waals surface area contributed by atoms with Gasteiger partial charge in [-0.25, -0.2) is 4.79 Å². The molecule has 0 fully saturated rings. The van der Waals surface area contributed by atoms with Gasteiger partial charge in [0.25, 0.3) is 5.91 Å². The summed E-state index contributed by atoms with van der Waals surface area (Å²) in [5.74, 6) is -1.49. The van der Waals surface area contributed by atoms with Crippen molar-refractivity contribution in [1.29, 1.82) is 0 Å². The molecule has 0 spiro atoms. The van der Waals surface area contributed by atoms with E-state index in [4.69, 9.17) is 4.74 Å². The first-order valence-electron chi connectivity index (χ1n) is 9.07. The van der Waals surface area contributed by atoms with Gasteiger partial charge in [0.15, 0.2) is 6.61 Å². The van der Waals surface area contributed by atoms with Crippen molar-refractivity contribution in [2.75, 3.05) is 11.6 Å². The lowest BCUT2D eigenvalue weighted by atomic mass is 10.2. The molecule has 0 aliphatic heterocycles. The first-order chi connectivity index (χ1) is 14.7. The molecule has 0 bridgehead atoms. The van der Waals surface area contributed by atoms with Gasteiger partial charge in [0.1, 0.15) is 4.88 Å². The molecule has 0 radical (unpaired) electrons. The van der Waals surface area contributed by atoms with Crippen LogP contribution in [0.3, 0.4) is 0 Å². The summed E-state index contributed by atoms with van der Waals surface area (Å²) < 4.78 is 44.4. The normalized spacial score (nSPS) is 11.5. The number of ether oxygens (including phenoxy) is 1. The van der Waals surface area contributed by atoms with Crippen molar-refractivity contribution in [2.45, 2.75) is 13.1 Å². The number of hydrogen-bond acceptors (Lipinski definition) is 5. The zero-order valence-corrected chi connectivity index (χ0v) is 17.1. The second kappa shape index (κ2) is 9.57. The second-order valence-corrected chi connectivity index (χ2v) is 7.68. The van der Waals surface area contributed by atoms with Gasteiger partial charge in [-0.3, -0.25) is 4.79 Å². The molecule has 1 amide bonds. The number of carbonyl (C=O) groups is 2. The van der Waals surface area contributed by atoms with Crippen molar-refractivity contribution in [3.63, 3.8) is 0 Å². The van der Waals surface area contributed by atoms with Crippen LogP contribution in [-0.2, 0) is 15.7 Å². The van der Waals surface area contributed by atoms with E-state index in [1.807, 2.05) is 6.92 Å². The van der Waals surface area contributed by atoms with Crippen molar-refractivity contribution in [3.8, 4) is 0 Å². The molecule has 1 aromatic heterocycles. The summed E-state index contributed by atoms with van der Waals surface area (Å²) in [5, 5.41) is 4.83. The Labute approximate surface area is 180 Å². The third-order valence-corrected chi connectivity index (χ3v) is 5.03. The standard InChI is InChI=1S/C22H17F3N2O3S/c1-15-10-11-19(31-15)21(29)30-14-20(28)27(26-13-16-6-3-2-4-7-16)18-9-5-8-17(12-18)22(23,24)25/h2-13H,14H2,1H3/b26-13+. The summed E-state index contributed by atoms with van der Waals surface area (Å²) in [7, 11) is 0. The van der Waals surface area contributed by atoms with Crippen molar-refractivity contribution >= 4 is 35.1 Å². The minimum atomic E-state index is -4.59. The molecule has 1 heterocycles. The fourth-order valence-corrected chi connectivity index (χ4v) is 3.32. The van der Waals surface area contributed by atoms with Crippen molar-refractivity contribution in [3.05, 3.63) is 87.6 Å². The molecule has 2 aromatic carbocycles. The van der Waals surface area contributed by atoms with Gasteiger partial charge in [-0.2, -0.15) is 23.3 Å². The second-order valence-electron chi connectivity index (χ2n) is 6.40. The van der Waals surface area contributed by atoms with E-state index < -0.39 is 30.2 Å². The molecule has 0 N–H and O–H groups in total. The topological polar surface area (TPSA) is 59.0 Å². The van der Waals surface area contributed by atoms with Crippen LogP contribution in [0.15, 0.2) is 71.8 Å². The van der Waals surface area contributed by atoms with E-state index in [2.05, 4.69) is 5.10 Å². The van der Waals surface area contributed by atoms with Crippen LogP contribution in [-0.4, -0.2) is 24.7 Å². The zero-order valence-electron chi connectivity index (χ0n) is 16.3. The van der Waals surface area contributed by atoms with E-state index in [0.29, 0.717) is 10.4 Å². The summed E-state index contributed by atoms with van der Waals surface area (Å²) in [6.45, 7) is 1.14. The van der Waals surface area contributed by atoms with E-state index in [1.54, 1.807) is 42.5 Å². The highest BCUT2D eigenvalue weighted by Gasteiger charge is 2.31. The molecular weight excluding hydrogens is 429 g/mol. The maximum absolute atomic E-state index is 13.1. The average molecular weight is 446 g/mol. The van der Waals surface area contributed by atoms with Crippen LogP contribution < -0.4 is 5.01 Å². The molecule has 0 saturated carbocycles. The maximum Gasteiger partial charge on any atom is 0.416 e. The average Bonchev–Trinajstić information content (AvgIpc) is 3.19. The summed E-state index contributed by atoms with van der Waals surface area (Å²) in [6, 6.07) is 16.2. The van der Waals surface area contributed by atoms with Gasteiger partial charge >= 0.3 is 12.1 Å². The van der Waals surface area contributed by atoms with Crippen LogP contribution in [0.25, 0.3) is 0 Å². The number of hydrazone groups is 1. The highest BCUT2D eigenvalue weighted by atomic mass is 32.1. The molecular formula is C22H17F3N2O3S. The quantitative estimate of drug-likeness (QED) is 0.293.